The summed E-state index contributed by atoms with van der Waals surface area (Å²) in [7, 11) is 1.48. The molecule has 4 rings (SSSR count). The minimum Gasteiger partial charge on any atom is -0.493 e. The molecule has 8 heteroatoms. The van der Waals surface area contributed by atoms with E-state index in [-0.39, 0.29) is 31.1 Å². The van der Waals surface area contributed by atoms with E-state index in [0.717, 1.165) is 11.1 Å². The van der Waals surface area contributed by atoms with Crippen LogP contribution in [0, 0.1) is 0 Å². The molecule has 1 aliphatic rings. The van der Waals surface area contributed by atoms with Crippen LogP contribution in [-0.4, -0.2) is 43.5 Å². The fraction of sp³-hybridized carbons (Fsp3) is 0.214. The van der Waals surface area contributed by atoms with E-state index in [4.69, 9.17) is 14.2 Å². The van der Waals surface area contributed by atoms with Gasteiger partial charge in [-0.3, -0.25) is 10.1 Å². The smallest absolute Gasteiger partial charge is 0.411 e. The molecule has 3 aromatic rings. The number of aliphatic hydroxyl groups is 1. The van der Waals surface area contributed by atoms with Gasteiger partial charge in [-0.1, -0.05) is 61.2 Å². The highest BCUT2D eigenvalue weighted by Crippen LogP contribution is 2.38. The Morgan fingerprint density at radius 3 is 2.58 bits per heavy atom. The van der Waals surface area contributed by atoms with Crippen molar-refractivity contribution in [1.29, 1.82) is 0 Å². The van der Waals surface area contributed by atoms with Crippen LogP contribution in [0.2, 0.25) is 0 Å². The van der Waals surface area contributed by atoms with Crippen molar-refractivity contribution in [3.8, 4) is 11.5 Å². The summed E-state index contributed by atoms with van der Waals surface area (Å²) in [6.07, 6.45) is 1.22. The highest BCUT2D eigenvalue weighted by molar-refractivity contribution is 6.12. The van der Waals surface area contributed by atoms with E-state index >= 15 is 0 Å². The third-order valence-corrected chi connectivity index (χ3v) is 5.84. The molecule has 1 atom stereocenters. The van der Waals surface area contributed by atoms with E-state index in [0.29, 0.717) is 23.6 Å². The van der Waals surface area contributed by atoms with E-state index in [1.54, 1.807) is 11.0 Å². The van der Waals surface area contributed by atoms with Gasteiger partial charge in [-0.2, -0.15) is 0 Å². The molecule has 0 unspecified atom stereocenters. The first-order chi connectivity index (χ1) is 17.5. The van der Waals surface area contributed by atoms with Gasteiger partial charge in [0, 0.05) is 11.8 Å². The maximum Gasteiger partial charge on any atom is 0.411 e. The van der Waals surface area contributed by atoms with E-state index in [1.165, 1.54) is 19.3 Å². The maximum absolute atomic E-state index is 13.9. The van der Waals surface area contributed by atoms with Crippen LogP contribution in [0.3, 0.4) is 0 Å². The first-order valence-corrected chi connectivity index (χ1v) is 11.5. The minimum absolute atomic E-state index is 0.00865. The van der Waals surface area contributed by atoms with Crippen LogP contribution in [0.15, 0.2) is 79.4 Å². The Morgan fingerprint density at radius 1 is 1.11 bits per heavy atom. The monoisotopic (exact) mass is 488 g/mol. The van der Waals surface area contributed by atoms with Crippen LogP contribution < -0.4 is 19.7 Å². The molecular formula is C28H28N2O6. The van der Waals surface area contributed by atoms with Gasteiger partial charge in [0.2, 0.25) is 0 Å². The number of fused-ring (bicyclic) bond motifs is 1. The van der Waals surface area contributed by atoms with E-state index in [2.05, 4.69) is 11.9 Å². The number of amides is 2. The normalized spacial score (nSPS) is 14.1. The van der Waals surface area contributed by atoms with Gasteiger partial charge in [-0.25, -0.2) is 4.79 Å². The summed E-state index contributed by atoms with van der Waals surface area (Å²) in [5.74, 6) is 0.274. The Labute approximate surface area is 209 Å². The fourth-order valence-corrected chi connectivity index (χ4v) is 4.14. The zero-order valence-corrected chi connectivity index (χ0v) is 20.0. The molecule has 0 fully saturated rings. The lowest BCUT2D eigenvalue weighted by molar-refractivity contribution is 0.0968. The number of carbonyl (C=O) groups is 2. The van der Waals surface area contributed by atoms with Crippen molar-refractivity contribution in [3.05, 3.63) is 96.1 Å². The lowest BCUT2D eigenvalue weighted by Crippen LogP contribution is -2.40. The van der Waals surface area contributed by atoms with Crippen molar-refractivity contribution in [2.24, 2.45) is 0 Å². The third kappa shape index (κ3) is 5.34. The number of methoxy groups -OCH3 is 1. The van der Waals surface area contributed by atoms with Gasteiger partial charge in [0.1, 0.15) is 13.2 Å². The number of rotatable bonds is 9. The number of nitrogens with one attached hydrogen (secondary N) is 1. The summed E-state index contributed by atoms with van der Waals surface area (Å²) < 4.78 is 16.6. The molecule has 0 saturated heterocycles. The Balaban J connectivity index is 1.72. The highest BCUT2D eigenvalue weighted by Gasteiger charge is 2.35. The predicted molar refractivity (Wildman–Crippen MR) is 137 cm³/mol. The summed E-state index contributed by atoms with van der Waals surface area (Å²) in [4.78, 5) is 27.8. The molecule has 0 radical (unpaired) electrons. The predicted octanol–water partition coefficient (Wildman–Crippen LogP) is 4.57. The van der Waals surface area contributed by atoms with Crippen molar-refractivity contribution in [2.75, 3.05) is 30.5 Å². The number of nitrogens with zero attached hydrogens (tertiary/aromatic N) is 1. The summed E-state index contributed by atoms with van der Waals surface area (Å²) >= 11 is 0. The van der Waals surface area contributed by atoms with Crippen LogP contribution in [0.1, 0.15) is 21.5 Å². The minimum atomic E-state index is -0.747. The molecule has 2 amide bonds. The molecule has 0 saturated carbocycles. The molecule has 0 spiro atoms. The molecule has 8 nitrogen and oxygen atoms in total. The van der Waals surface area contributed by atoms with Crippen molar-refractivity contribution in [1.82, 2.24) is 0 Å². The number of hydrogen-bond acceptors (Lipinski definition) is 6. The van der Waals surface area contributed by atoms with Crippen LogP contribution in [0.4, 0.5) is 16.2 Å². The second kappa shape index (κ2) is 11.4. The summed E-state index contributed by atoms with van der Waals surface area (Å²) in [5, 5.41) is 12.6. The average molecular weight is 489 g/mol. The number of ether oxygens (including phenoxy) is 3. The Morgan fingerprint density at radius 2 is 1.86 bits per heavy atom. The quantitative estimate of drug-likeness (QED) is 0.428. The molecule has 2 N–H and O–H groups in total. The average Bonchev–Trinajstić information content (AvgIpc) is 3.29. The van der Waals surface area contributed by atoms with Crippen LogP contribution in [0.5, 0.6) is 11.5 Å². The van der Waals surface area contributed by atoms with Gasteiger partial charge in [0.25, 0.3) is 5.91 Å². The Kier molecular flexibility index (Phi) is 7.87. The fourth-order valence-electron chi connectivity index (χ4n) is 4.14. The maximum atomic E-state index is 13.9. The van der Waals surface area contributed by atoms with Gasteiger partial charge in [-0.05, 0) is 29.7 Å². The lowest BCUT2D eigenvalue weighted by atomic mass is 10.1. The standard InChI is InChI=1S/C28H28N2O6/c1-3-13-35-28(33)29-23-16-26(36-18-19-9-5-4-6-10-19)25(34-2)15-22(23)27(32)30-21(17-31)14-20-11-7-8-12-24(20)30/h3-12,15-16,21,31H,1,13-14,17-18H2,2H3,(H,29,33)/t21-/m1/s1. The molecular weight excluding hydrogens is 460 g/mol. The molecule has 1 aliphatic heterocycles. The van der Waals surface area contributed by atoms with Crippen LogP contribution in [-0.2, 0) is 17.8 Å². The first-order valence-electron chi connectivity index (χ1n) is 11.5. The SMILES string of the molecule is C=CCOC(=O)Nc1cc(OCc2ccccc2)c(OC)cc1C(=O)N1c2ccccc2C[C@@H]1CO. The molecule has 0 bridgehead atoms. The number of aliphatic hydroxyl groups excluding tert-OH is 1. The first kappa shape index (κ1) is 24.8. The zero-order valence-electron chi connectivity index (χ0n) is 20.0. The lowest BCUT2D eigenvalue weighted by Gasteiger charge is -2.26. The Hall–Kier alpha value is -4.30. The van der Waals surface area contributed by atoms with Gasteiger partial charge in [0.15, 0.2) is 11.5 Å². The zero-order chi connectivity index (χ0) is 25.5. The third-order valence-electron chi connectivity index (χ3n) is 5.84. The number of hydrogen-bond donors (Lipinski definition) is 2. The molecule has 36 heavy (non-hydrogen) atoms. The molecule has 1 heterocycles. The summed E-state index contributed by atoms with van der Waals surface area (Å²) in [6.45, 7) is 3.60. The second-order valence-electron chi connectivity index (χ2n) is 8.18. The van der Waals surface area contributed by atoms with Crippen molar-refractivity contribution >= 4 is 23.4 Å². The van der Waals surface area contributed by atoms with Gasteiger partial charge < -0.3 is 24.2 Å². The van der Waals surface area contributed by atoms with E-state index in [1.807, 2.05) is 54.6 Å². The largest absolute Gasteiger partial charge is 0.493 e. The van der Waals surface area contributed by atoms with Crippen molar-refractivity contribution in [2.45, 2.75) is 19.1 Å². The van der Waals surface area contributed by atoms with Gasteiger partial charge in [0.05, 0.1) is 31.0 Å². The summed E-state index contributed by atoms with van der Waals surface area (Å²) in [5.41, 5.74) is 2.98. The van der Waals surface area contributed by atoms with Crippen molar-refractivity contribution in [3.63, 3.8) is 0 Å². The molecule has 186 valence electrons. The molecule has 0 aromatic heterocycles. The van der Waals surface area contributed by atoms with Crippen molar-refractivity contribution < 1.29 is 28.9 Å². The van der Waals surface area contributed by atoms with Gasteiger partial charge >= 0.3 is 6.09 Å². The van der Waals surface area contributed by atoms with Crippen LogP contribution in [0.25, 0.3) is 0 Å². The topological polar surface area (TPSA) is 97.3 Å². The van der Waals surface area contributed by atoms with E-state index < -0.39 is 18.0 Å². The number of carbonyl (C=O) groups excluding carboxylic acids is 2. The molecule has 3 aromatic carbocycles. The summed E-state index contributed by atoms with van der Waals surface area (Å²) in [6, 6.07) is 19.7. The van der Waals surface area contributed by atoms with Crippen LogP contribution >= 0.6 is 0 Å². The second-order valence-corrected chi connectivity index (χ2v) is 8.18. The van der Waals surface area contributed by atoms with Gasteiger partial charge in [-0.15, -0.1) is 0 Å². The molecule has 0 aliphatic carbocycles. The highest BCUT2D eigenvalue weighted by atomic mass is 16.5. The number of anilines is 2. The Bertz CT molecular complexity index is 1240. The number of para-hydroxylation sites is 1. The number of benzene rings is 3. The van der Waals surface area contributed by atoms with E-state index in [9.17, 15) is 14.7 Å².